The SMILES string of the molecule is CNC(CO)C(C)(C)CN. The van der Waals surface area contributed by atoms with Gasteiger partial charge in [-0.05, 0) is 19.0 Å². The summed E-state index contributed by atoms with van der Waals surface area (Å²) in [5, 5.41) is 11.9. The second-order valence-corrected chi connectivity index (χ2v) is 3.22. The average Bonchev–Trinajstić information content (AvgIpc) is 1.90. The lowest BCUT2D eigenvalue weighted by Gasteiger charge is -2.31. The van der Waals surface area contributed by atoms with Crippen molar-refractivity contribution in [3.63, 3.8) is 0 Å². The van der Waals surface area contributed by atoms with Gasteiger partial charge in [-0.15, -0.1) is 0 Å². The van der Waals surface area contributed by atoms with E-state index in [2.05, 4.69) is 5.32 Å². The first kappa shape index (κ1) is 9.88. The zero-order chi connectivity index (χ0) is 8.20. The minimum atomic E-state index is -0.0243. The molecule has 1 unspecified atom stereocenters. The molecule has 3 nitrogen and oxygen atoms in total. The fourth-order valence-corrected chi connectivity index (χ4v) is 0.871. The molecule has 0 rings (SSSR count). The molecular formula is C7H18N2O. The summed E-state index contributed by atoms with van der Waals surface area (Å²) in [6.45, 7) is 4.79. The Morgan fingerprint density at radius 1 is 1.60 bits per heavy atom. The Labute approximate surface area is 62.6 Å². The lowest BCUT2D eigenvalue weighted by molar-refractivity contribution is 0.158. The smallest absolute Gasteiger partial charge is 0.0590 e. The minimum absolute atomic E-state index is 0.0243. The summed E-state index contributed by atoms with van der Waals surface area (Å²) >= 11 is 0. The van der Waals surface area contributed by atoms with Gasteiger partial charge >= 0.3 is 0 Å². The van der Waals surface area contributed by atoms with Gasteiger partial charge in [0.15, 0.2) is 0 Å². The predicted octanol–water partition coefficient (Wildman–Crippen LogP) is -0.448. The quantitative estimate of drug-likeness (QED) is 0.503. The first-order valence-electron chi connectivity index (χ1n) is 3.56. The van der Waals surface area contributed by atoms with Crippen molar-refractivity contribution in [2.75, 3.05) is 20.2 Å². The Hall–Kier alpha value is -0.120. The van der Waals surface area contributed by atoms with Crippen LogP contribution in [-0.4, -0.2) is 31.3 Å². The Morgan fingerprint density at radius 2 is 2.10 bits per heavy atom. The topological polar surface area (TPSA) is 58.3 Å². The van der Waals surface area contributed by atoms with Gasteiger partial charge in [0.2, 0.25) is 0 Å². The Balaban J connectivity index is 3.97. The molecule has 0 heterocycles. The van der Waals surface area contributed by atoms with Crippen LogP contribution in [-0.2, 0) is 0 Å². The second kappa shape index (κ2) is 3.91. The molecule has 0 aliphatic carbocycles. The van der Waals surface area contributed by atoms with Crippen LogP contribution in [0.5, 0.6) is 0 Å². The predicted molar refractivity (Wildman–Crippen MR) is 42.8 cm³/mol. The van der Waals surface area contributed by atoms with E-state index in [0.717, 1.165) is 0 Å². The Morgan fingerprint density at radius 3 is 2.20 bits per heavy atom. The number of nitrogens with one attached hydrogen (secondary N) is 1. The summed E-state index contributed by atoms with van der Waals surface area (Å²) in [5.74, 6) is 0. The molecule has 3 heteroatoms. The molecule has 0 fully saturated rings. The van der Waals surface area contributed by atoms with Crippen LogP contribution in [0, 0.1) is 5.41 Å². The Bertz CT molecular complexity index is 89.6. The van der Waals surface area contributed by atoms with E-state index in [1.807, 2.05) is 20.9 Å². The van der Waals surface area contributed by atoms with Crippen LogP contribution < -0.4 is 11.1 Å². The molecule has 0 saturated heterocycles. The molecule has 0 aromatic rings. The zero-order valence-electron chi connectivity index (χ0n) is 7.02. The Kier molecular flexibility index (Phi) is 3.86. The molecule has 62 valence electrons. The highest BCUT2D eigenvalue weighted by Gasteiger charge is 2.25. The lowest BCUT2D eigenvalue weighted by Crippen LogP contribution is -2.46. The highest BCUT2D eigenvalue weighted by molar-refractivity contribution is 4.82. The average molecular weight is 146 g/mol. The summed E-state index contributed by atoms with van der Waals surface area (Å²) in [6, 6.07) is 0.0949. The van der Waals surface area contributed by atoms with Gasteiger partial charge in [0.1, 0.15) is 0 Å². The van der Waals surface area contributed by atoms with Gasteiger partial charge in [0.05, 0.1) is 6.61 Å². The van der Waals surface area contributed by atoms with Crippen LogP contribution in [0.25, 0.3) is 0 Å². The fraction of sp³-hybridized carbons (Fsp3) is 1.00. The molecule has 0 aromatic heterocycles. The van der Waals surface area contributed by atoms with Crippen molar-refractivity contribution in [3.05, 3.63) is 0 Å². The molecule has 10 heavy (non-hydrogen) atoms. The van der Waals surface area contributed by atoms with E-state index in [9.17, 15) is 0 Å². The standard InChI is InChI=1S/C7H18N2O/c1-7(2,5-8)6(4-10)9-3/h6,9-10H,4-5,8H2,1-3H3. The molecule has 0 aliphatic rings. The molecule has 0 radical (unpaired) electrons. The van der Waals surface area contributed by atoms with Gasteiger partial charge in [-0.1, -0.05) is 13.8 Å². The van der Waals surface area contributed by atoms with Gasteiger partial charge in [0, 0.05) is 6.04 Å². The normalized spacial score (nSPS) is 15.3. The largest absolute Gasteiger partial charge is 0.395 e. The number of hydrogen-bond donors (Lipinski definition) is 3. The van der Waals surface area contributed by atoms with Crippen LogP contribution in [0.15, 0.2) is 0 Å². The minimum Gasteiger partial charge on any atom is -0.395 e. The number of rotatable bonds is 4. The molecule has 0 amide bonds. The molecule has 0 saturated carbocycles. The van der Waals surface area contributed by atoms with Gasteiger partial charge in [-0.2, -0.15) is 0 Å². The van der Waals surface area contributed by atoms with E-state index in [0.29, 0.717) is 6.54 Å². The summed E-state index contributed by atoms with van der Waals surface area (Å²) in [4.78, 5) is 0. The third-order valence-electron chi connectivity index (χ3n) is 2.00. The molecule has 4 N–H and O–H groups in total. The van der Waals surface area contributed by atoms with Crippen molar-refractivity contribution in [1.29, 1.82) is 0 Å². The van der Waals surface area contributed by atoms with Gasteiger partial charge in [-0.25, -0.2) is 0 Å². The van der Waals surface area contributed by atoms with Crippen molar-refractivity contribution in [1.82, 2.24) is 5.32 Å². The molecule has 1 atom stereocenters. The third kappa shape index (κ3) is 2.25. The number of hydrogen-bond acceptors (Lipinski definition) is 3. The maximum absolute atomic E-state index is 8.87. The van der Waals surface area contributed by atoms with E-state index in [4.69, 9.17) is 10.8 Å². The summed E-state index contributed by atoms with van der Waals surface area (Å²) in [7, 11) is 1.83. The number of aliphatic hydroxyl groups is 1. The molecule has 0 aromatic carbocycles. The summed E-state index contributed by atoms with van der Waals surface area (Å²) in [6.07, 6.45) is 0. The first-order valence-corrected chi connectivity index (χ1v) is 3.56. The van der Waals surface area contributed by atoms with E-state index in [-0.39, 0.29) is 18.1 Å². The van der Waals surface area contributed by atoms with E-state index in [1.54, 1.807) is 0 Å². The first-order chi connectivity index (χ1) is 4.58. The highest BCUT2D eigenvalue weighted by atomic mass is 16.3. The second-order valence-electron chi connectivity index (χ2n) is 3.22. The van der Waals surface area contributed by atoms with E-state index in [1.165, 1.54) is 0 Å². The van der Waals surface area contributed by atoms with Crippen LogP contribution in [0.1, 0.15) is 13.8 Å². The van der Waals surface area contributed by atoms with Crippen molar-refractivity contribution >= 4 is 0 Å². The van der Waals surface area contributed by atoms with Gasteiger partial charge in [0.25, 0.3) is 0 Å². The van der Waals surface area contributed by atoms with Crippen LogP contribution in [0.2, 0.25) is 0 Å². The maximum atomic E-state index is 8.87. The number of likely N-dealkylation sites (N-methyl/N-ethyl adjacent to an activating group) is 1. The van der Waals surface area contributed by atoms with Crippen LogP contribution in [0.3, 0.4) is 0 Å². The van der Waals surface area contributed by atoms with E-state index >= 15 is 0 Å². The van der Waals surface area contributed by atoms with Crippen LogP contribution in [0.4, 0.5) is 0 Å². The fourth-order valence-electron chi connectivity index (χ4n) is 0.871. The molecule has 0 bridgehead atoms. The van der Waals surface area contributed by atoms with Crippen molar-refractivity contribution in [3.8, 4) is 0 Å². The van der Waals surface area contributed by atoms with Gasteiger partial charge < -0.3 is 16.2 Å². The summed E-state index contributed by atoms with van der Waals surface area (Å²) in [5.41, 5.74) is 5.48. The zero-order valence-corrected chi connectivity index (χ0v) is 7.02. The monoisotopic (exact) mass is 146 g/mol. The van der Waals surface area contributed by atoms with Crippen molar-refractivity contribution in [2.45, 2.75) is 19.9 Å². The van der Waals surface area contributed by atoms with Crippen LogP contribution >= 0.6 is 0 Å². The van der Waals surface area contributed by atoms with Gasteiger partial charge in [-0.3, -0.25) is 0 Å². The van der Waals surface area contributed by atoms with E-state index < -0.39 is 0 Å². The summed E-state index contributed by atoms with van der Waals surface area (Å²) < 4.78 is 0. The number of aliphatic hydroxyl groups excluding tert-OH is 1. The lowest BCUT2D eigenvalue weighted by atomic mass is 9.85. The molecule has 0 spiro atoms. The number of nitrogens with two attached hydrogens (primary N) is 1. The molecule has 0 aliphatic heterocycles. The van der Waals surface area contributed by atoms with Crippen molar-refractivity contribution in [2.24, 2.45) is 11.1 Å². The highest BCUT2D eigenvalue weighted by Crippen LogP contribution is 2.17. The maximum Gasteiger partial charge on any atom is 0.0590 e. The molecular weight excluding hydrogens is 128 g/mol. The third-order valence-corrected chi connectivity index (χ3v) is 2.00. The van der Waals surface area contributed by atoms with Crippen molar-refractivity contribution < 1.29 is 5.11 Å².